The smallest absolute Gasteiger partial charge is 0.220 e. The summed E-state index contributed by atoms with van der Waals surface area (Å²) in [6.45, 7) is 2.63. The number of rotatable bonds is 7. The monoisotopic (exact) mass is 255 g/mol. The van der Waals surface area contributed by atoms with Gasteiger partial charge in [0.05, 0.1) is 0 Å². The Hall–Kier alpha value is -1.03. The maximum atomic E-state index is 13.2. The zero-order valence-electron chi connectivity index (χ0n) is 10.0. The third-order valence-electron chi connectivity index (χ3n) is 2.26. The third kappa shape index (κ3) is 5.73. The fraction of sp³-hybridized carbons (Fsp3) is 0.462. The minimum absolute atomic E-state index is 0.0963. The van der Waals surface area contributed by atoms with Crippen LogP contribution in [0, 0.1) is 5.82 Å². The molecule has 0 bridgehead atoms. The Balaban J connectivity index is 2.13. The van der Waals surface area contributed by atoms with Crippen LogP contribution in [0.1, 0.15) is 25.3 Å². The molecule has 94 valence electrons. The number of hydrogen-bond donors (Lipinski definition) is 1. The summed E-state index contributed by atoms with van der Waals surface area (Å²) < 4.78 is 13.2. The average molecular weight is 255 g/mol. The van der Waals surface area contributed by atoms with Crippen LogP contribution in [0.4, 0.5) is 4.39 Å². The Morgan fingerprint density at radius 1 is 1.41 bits per heavy atom. The Kier molecular flexibility index (Phi) is 6.70. The van der Waals surface area contributed by atoms with Gasteiger partial charge in [-0.05, 0) is 18.1 Å². The molecule has 1 N–H and O–H groups in total. The normalized spacial score (nSPS) is 10.2. The van der Waals surface area contributed by atoms with Crippen LogP contribution >= 0.6 is 11.8 Å². The van der Waals surface area contributed by atoms with Crippen molar-refractivity contribution < 1.29 is 9.18 Å². The molecule has 0 saturated carbocycles. The van der Waals surface area contributed by atoms with E-state index in [4.69, 9.17) is 0 Å². The number of nitrogens with one attached hydrogen (secondary N) is 1. The van der Waals surface area contributed by atoms with E-state index in [0.717, 1.165) is 17.7 Å². The van der Waals surface area contributed by atoms with Crippen LogP contribution < -0.4 is 5.32 Å². The van der Waals surface area contributed by atoms with Gasteiger partial charge in [-0.15, -0.1) is 0 Å². The second-order valence-electron chi connectivity index (χ2n) is 3.74. The van der Waals surface area contributed by atoms with Crippen molar-refractivity contribution in [2.75, 3.05) is 12.3 Å². The predicted molar refractivity (Wildman–Crippen MR) is 70.5 cm³/mol. The average Bonchev–Trinajstić information content (AvgIpc) is 2.31. The van der Waals surface area contributed by atoms with Gasteiger partial charge in [-0.3, -0.25) is 4.79 Å². The predicted octanol–water partition coefficient (Wildman–Crippen LogP) is 2.98. The highest BCUT2D eigenvalue weighted by molar-refractivity contribution is 7.98. The molecule has 4 heteroatoms. The van der Waals surface area contributed by atoms with E-state index in [2.05, 4.69) is 5.32 Å². The van der Waals surface area contributed by atoms with Crippen LogP contribution in [-0.4, -0.2) is 18.2 Å². The minimum Gasteiger partial charge on any atom is -0.355 e. The molecule has 17 heavy (non-hydrogen) atoms. The van der Waals surface area contributed by atoms with Gasteiger partial charge in [-0.2, -0.15) is 11.8 Å². The second-order valence-corrected chi connectivity index (χ2v) is 4.85. The van der Waals surface area contributed by atoms with Gasteiger partial charge in [-0.1, -0.05) is 25.1 Å². The van der Waals surface area contributed by atoms with Gasteiger partial charge in [0.2, 0.25) is 5.91 Å². The molecule has 0 aliphatic rings. The molecule has 0 radical (unpaired) electrons. The number of carbonyl (C=O) groups excluding carboxylic acids is 1. The summed E-state index contributed by atoms with van der Waals surface area (Å²) >= 11 is 1.63. The Bertz CT molecular complexity index is 357. The second kappa shape index (κ2) is 8.12. The first-order valence-electron chi connectivity index (χ1n) is 5.82. The van der Waals surface area contributed by atoms with Crippen LogP contribution in [0.2, 0.25) is 0 Å². The van der Waals surface area contributed by atoms with Crippen molar-refractivity contribution in [3.63, 3.8) is 0 Å². The first-order chi connectivity index (χ1) is 8.24. The van der Waals surface area contributed by atoms with Gasteiger partial charge in [0.25, 0.3) is 0 Å². The highest BCUT2D eigenvalue weighted by Crippen LogP contribution is 2.14. The van der Waals surface area contributed by atoms with Crippen molar-refractivity contribution in [1.82, 2.24) is 5.32 Å². The summed E-state index contributed by atoms with van der Waals surface area (Å²) in [6, 6.07) is 6.79. The number of benzene rings is 1. The lowest BCUT2D eigenvalue weighted by atomic mass is 10.2. The van der Waals surface area contributed by atoms with Gasteiger partial charge >= 0.3 is 0 Å². The van der Waals surface area contributed by atoms with E-state index in [-0.39, 0.29) is 11.7 Å². The molecule has 0 spiro atoms. The zero-order valence-corrected chi connectivity index (χ0v) is 10.9. The molecule has 1 amide bonds. The fourth-order valence-electron chi connectivity index (χ4n) is 1.38. The first-order valence-corrected chi connectivity index (χ1v) is 6.97. The van der Waals surface area contributed by atoms with Crippen LogP contribution in [0.25, 0.3) is 0 Å². The lowest BCUT2D eigenvalue weighted by Gasteiger charge is -2.05. The van der Waals surface area contributed by atoms with E-state index < -0.39 is 0 Å². The molecule has 0 aromatic heterocycles. The molecule has 0 saturated heterocycles. The van der Waals surface area contributed by atoms with E-state index in [1.54, 1.807) is 23.9 Å². The van der Waals surface area contributed by atoms with Crippen molar-refractivity contribution in [1.29, 1.82) is 0 Å². The lowest BCUT2D eigenvalue weighted by Crippen LogP contribution is -2.25. The van der Waals surface area contributed by atoms with Crippen LogP contribution in [0.5, 0.6) is 0 Å². The Morgan fingerprint density at radius 3 is 2.88 bits per heavy atom. The van der Waals surface area contributed by atoms with Gasteiger partial charge < -0.3 is 5.32 Å². The number of thioether (sulfide) groups is 1. The van der Waals surface area contributed by atoms with Crippen molar-refractivity contribution in [3.8, 4) is 0 Å². The molecule has 2 nitrogen and oxygen atoms in total. The fourth-order valence-corrected chi connectivity index (χ4v) is 2.22. The largest absolute Gasteiger partial charge is 0.355 e. The van der Waals surface area contributed by atoms with Crippen molar-refractivity contribution >= 4 is 17.7 Å². The maximum Gasteiger partial charge on any atom is 0.220 e. The van der Waals surface area contributed by atoms with Crippen molar-refractivity contribution in [3.05, 3.63) is 35.6 Å². The summed E-state index contributed by atoms with van der Waals surface area (Å²) in [4.78, 5) is 11.1. The highest BCUT2D eigenvalue weighted by atomic mass is 32.2. The molecule has 1 aromatic rings. The van der Waals surface area contributed by atoms with E-state index in [0.29, 0.717) is 18.7 Å². The Labute approximate surface area is 106 Å². The van der Waals surface area contributed by atoms with Crippen molar-refractivity contribution in [2.45, 2.75) is 25.5 Å². The molecular weight excluding hydrogens is 237 g/mol. The summed E-state index contributed by atoms with van der Waals surface area (Å²) in [5.41, 5.74) is 0.720. The molecular formula is C13H18FNOS. The molecule has 0 unspecified atom stereocenters. The molecule has 0 aliphatic heterocycles. The van der Waals surface area contributed by atoms with Gasteiger partial charge in [0.15, 0.2) is 0 Å². The number of hydrogen-bond acceptors (Lipinski definition) is 2. The first kappa shape index (κ1) is 14.0. The number of amides is 1. The summed E-state index contributed by atoms with van der Waals surface area (Å²) in [5, 5.41) is 2.83. The molecule has 1 rings (SSSR count). The van der Waals surface area contributed by atoms with Crippen molar-refractivity contribution in [2.24, 2.45) is 0 Å². The topological polar surface area (TPSA) is 29.1 Å². The SMILES string of the molecule is CCCC(=O)NCCSCc1ccccc1F. The minimum atomic E-state index is -0.157. The molecule has 1 aromatic carbocycles. The standard InChI is InChI=1S/C13H18FNOS/c1-2-5-13(16)15-8-9-17-10-11-6-3-4-7-12(11)14/h3-4,6-7H,2,5,8-10H2,1H3,(H,15,16). The van der Waals surface area contributed by atoms with E-state index in [9.17, 15) is 9.18 Å². The van der Waals surface area contributed by atoms with E-state index >= 15 is 0 Å². The van der Waals surface area contributed by atoms with E-state index in [1.165, 1.54) is 6.07 Å². The van der Waals surface area contributed by atoms with Crippen LogP contribution in [-0.2, 0) is 10.5 Å². The third-order valence-corrected chi connectivity index (χ3v) is 3.27. The van der Waals surface area contributed by atoms with Crippen LogP contribution in [0.15, 0.2) is 24.3 Å². The quantitative estimate of drug-likeness (QED) is 0.759. The lowest BCUT2D eigenvalue weighted by molar-refractivity contribution is -0.120. The zero-order chi connectivity index (χ0) is 12.5. The number of halogens is 1. The van der Waals surface area contributed by atoms with E-state index in [1.807, 2.05) is 13.0 Å². The summed E-state index contributed by atoms with van der Waals surface area (Å²) in [5.74, 6) is 1.40. The molecule has 0 atom stereocenters. The van der Waals surface area contributed by atoms with Gasteiger partial charge in [0, 0.05) is 24.5 Å². The molecule has 0 fully saturated rings. The summed E-state index contributed by atoms with van der Waals surface area (Å²) in [6.07, 6.45) is 1.45. The Morgan fingerprint density at radius 2 is 2.18 bits per heavy atom. The van der Waals surface area contributed by atoms with Gasteiger partial charge in [-0.25, -0.2) is 4.39 Å². The molecule has 0 aliphatic carbocycles. The highest BCUT2D eigenvalue weighted by Gasteiger charge is 2.01. The van der Waals surface area contributed by atoms with Gasteiger partial charge in [0.1, 0.15) is 5.82 Å². The van der Waals surface area contributed by atoms with Crippen LogP contribution in [0.3, 0.4) is 0 Å². The molecule has 0 heterocycles. The maximum absolute atomic E-state index is 13.2. The summed E-state index contributed by atoms with van der Waals surface area (Å²) in [7, 11) is 0. The number of carbonyl (C=O) groups is 1.